The Balaban J connectivity index is 1.62. The van der Waals surface area contributed by atoms with Crippen molar-refractivity contribution in [2.24, 2.45) is 0 Å². The Morgan fingerprint density at radius 1 is 1.00 bits per heavy atom. The number of hydrogen-bond acceptors (Lipinski definition) is 2. The predicted molar refractivity (Wildman–Crippen MR) is 109 cm³/mol. The lowest BCUT2D eigenvalue weighted by Crippen LogP contribution is -2.18. The van der Waals surface area contributed by atoms with Crippen molar-refractivity contribution < 1.29 is 4.39 Å². The number of halogens is 4. The molecular weight excluding hydrogens is 418 g/mol. The average molecular weight is 430 g/mol. The fourth-order valence-corrected chi connectivity index (χ4v) is 2.97. The Labute approximate surface area is 169 Å². The molecule has 2 N–H and O–H groups in total. The van der Waals surface area contributed by atoms with Crippen LogP contribution in [0.25, 0.3) is 0 Å². The lowest BCUT2D eigenvalue weighted by molar-refractivity contribution is 0.624. The van der Waals surface area contributed by atoms with Gasteiger partial charge in [0.25, 0.3) is 0 Å². The molecule has 3 rings (SSSR count). The number of rotatable bonds is 4. The number of anilines is 2. The standard InChI is InChI=1S/C17H12Cl3FN4S/c18-14-4-3-12(6-16(14)20)23-17(26)24-13-7-22-25(9-13)8-10-1-2-11(21)5-15(10)19/h1-7,9H,8H2,(H2,23,24,26). The number of aromatic nitrogens is 2. The van der Waals surface area contributed by atoms with Crippen LogP contribution in [0.2, 0.25) is 15.1 Å². The zero-order valence-electron chi connectivity index (χ0n) is 13.1. The summed E-state index contributed by atoms with van der Waals surface area (Å²) in [7, 11) is 0. The summed E-state index contributed by atoms with van der Waals surface area (Å²) in [5, 5.41) is 11.9. The first kappa shape index (κ1) is 18.9. The van der Waals surface area contributed by atoms with E-state index in [9.17, 15) is 4.39 Å². The van der Waals surface area contributed by atoms with Gasteiger partial charge in [0.05, 0.1) is 28.5 Å². The average Bonchev–Trinajstić information content (AvgIpc) is 3.00. The Hall–Kier alpha value is -1.86. The first-order valence-electron chi connectivity index (χ1n) is 7.40. The van der Waals surface area contributed by atoms with Crippen LogP contribution in [-0.4, -0.2) is 14.9 Å². The van der Waals surface area contributed by atoms with Crippen molar-refractivity contribution in [1.29, 1.82) is 0 Å². The normalized spacial score (nSPS) is 10.6. The highest BCUT2D eigenvalue weighted by Gasteiger charge is 2.07. The maximum absolute atomic E-state index is 13.1. The maximum Gasteiger partial charge on any atom is 0.175 e. The molecule has 0 aliphatic heterocycles. The summed E-state index contributed by atoms with van der Waals surface area (Å²) in [6, 6.07) is 9.39. The van der Waals surface area contributed by atoms with Gasteiger partial charge in [-0.3, -0.25) is 4.68 Å². The quantitative estimate of drug-likeness (QED) is 0.511. The molecule has 0 fully saturated rings. The lowest BCUT2D eigenvalue weighted by atomic mass is 10.2. The molecule has 0 spiro atoms. The van der Waals surface area contributed by atoms with Gasteiger partial charge in [-0.25, -0.2) is 4.39 Å². The van der Waals surface area contributed by atoms with E-state index in [1.165, 1.54) is 12.1 Å². The molecule has 26 heavy (non-hydrogen) atoms. The smallest absolute Gasteiger partial charge is 0.175 e. The number of hydrogen-bond donors (Lipinski definition) is 2. The molecule has 4 nitrogen and oxygen atoms in total. The van der Waals surface area contributed by atoms with Crippen LogP contribution in [-0.2, 0) is 6.54 Å². The Morgan fingerprint density at radius 3 is 2.50 bits per heavy atom. The number of nitrogens with one attached hydrogen (secondary N) is 2. The van der Waals surface area contributed by atoms with E-state index >= 15 is 0 Å². The number of thiocarbonyl (C=S) groups is 1. The van der Waals surface area contributed by atoms with Crippen molar-refractivity contribution in [3.05, 3.63) is 75.2 Å². The molecule has 134 valence electrons. The molecular formula is C17H12Cl3FN4S. The highest BCUT2D eigenvalue weighted by Crippen LogP contribution is 2.25. The molecule has 0 radical (unpaired) electrons. The molecule has 1 aromatic heterocycles. The number of benzene rings is 2. The van der Waals surface area contributed by atoms with E-state index in [0.717, 1.165) is 5.56 Å². The van der Waals surface area contributed by atoms with E-state index in [4.69, 9.17) is 47.0 Å². The molecule has 0 amide bonds. The highest BCUT2D eigenvalue weighted by molar-refractivity contribution is 7.80. The third kappa shape index (κ3) is 4.86. The Kier molecular flexibility index (Phi) is 5.98. The molecule has 2 aromatic carbocycles. The molecule has 9 heteroatoms. The molecule has 0 saturated heterocycles. The third-order valence-electron chi connectivity index (χ3n) is 3.42. The van der Waals surface area contributed by atoms with Crippen LogP contribution in [0.15, 0.2) is 48.8 Å². The number of nitrogens with zero attached hydrogens (tertiary/aromatic N) is 2. The summed E-state index contributed by atoms with van der Waals surface area (Å²) in [6.07, 6.45) is 3.39. The van der Waals surface area contributed by atoms with E-state index < -0.39 is 0 Å². The second kappa shape index (κ2) is 8.22. The van der Waals surface area contributed by atoms with Gasteiger partial charge in [-0.2, -0.15) is 5.10 Å². The van der Waals surface area contributed by atoms with Crippen LogP contribution in [0.1, 0.15) is 5.56 Å². The van der Waals surface area contributed by atoms with Gasteiger partial charge in [0, 0.05) is 16.9 Å². The summed E-state index contributed by atoms with van der Waals surface area (Å²) >= 11 is 23.2. The van der Waals surface area contributed by atoms with Crippen LogP contribution in [0, 0.1) is 5.82 Å². The second-order valence-corrected chi connectivity index (χ2v) is 7.00. The first-order chi connectivity index (χ1) is 12.4. The van der Waals surface area contributed by atoms with Crippen LogP contribution in [0.3, 0.4) is 0 Å². The summed E-state index contributed by atoms with van der Waals surface area (Å²) < 4.78 is 14.8. The van der Waals surface area contributed by atoms with E-state index in [2.05, 4.69) is 15.7 Å². The van der Waals surface area contributed by atoms with Crippen molar-refractivity contribution in [3.8, 4) is 0 Å². The summed E-state index contributed by atoms with van der Waals surface area (Å²) in [4.78, 5) is 0. The molecule has 0 unspecified atom stereocenters. The lowest BCUT2D eigenvalue weighted by Gasteiger charge is -2.09. The molecule has 0 aliphatic rings. The zero-order valence-corrected chi connectivity index (χ0v) is 16.2. The van der Waals surface area contributed by atoms with Crippen LogP contribution >= 0.6 is 47.0 Å². The molecule has 0 bridgehead atoms. The van der Waals surface area contributed by atoms with Gasteiger partial charge in [-0.1, -0.05) is 40.9 Å². The minimum absolute atomic E-state index is 0.354. The fourth-order valence-electron chi connectivity index (χ4n) is 2.21. The molecule has 0 saturated carbocycles. The van der Waals surface area contributed by atoms with Crippen LogP contribution in [0.5, 0.6) is 0 Å². The Bertz CT molecular complexity index is 961. The third-order valence-corrected chi connectivity index (χ3v) is 4.71. The van der Waals surface area contributed by atoms with Crippen molar-refractivity contribution in [3.63, 3.8) is 0 Å². The van der Waals surface area contributed by atoms with Crippen molar-refractivity contribution >= 4 is 63.5 Å². The van der Waals surface area contributed by atoms with Gasteiger partial charge >= 0.3 is 0 Å². The van der Waals surface area contributed by atoms with E-state index in [0.29, 0.717) is 38.1 Å². The van der Waals surface area contributed by atoms with Gasteiger partial charge in [0.1, 0.15) is 5.82 Å². The zero-order chi connectivity index (χ0) is 18.7. The highest BCUT2D eigenvalue weighted by atomic mass is 35.5. The molecule has 0 aliphatic carbocycles. The maximum atomic E-state index is 13.1. The SMILES string of the molecule is Fc1ccc(Cn2cc(NC(=S)Nc3ccc(Cl)c(Cl)c3)cn2)c(Cl)c1. The van der Waals surface area contributed by atoms with Gasteiger partial charge in [-0.15, -0.1) is 0 Å². The fraction of sp³-hybridized carbons (Fsp3) is 0.0588. The van der Waals surface area contributed by atoms with Crippen molar-refractivity contribution in [1.82, 2.24) is 9.78 Å². The van der Waals surface area contributed by atoms with E-state index in [1.54, 1.807) is 41.3 Å². The predicted octanol–water partition coefficient (Wildman–Crippen LogP) is 5.84. The van der Waals surface area contributed by atoms with Crippen LogP contribution < -0.4 is 10.6 Å². The summed E-state index contributed by atoms with van der Waals surface area (Å²) in [6.45, 7) is 0.410. The largest absolute Gasteiger partial charge is 0.332 e. The van der Waals surface area contributed by atoms with Crippen molar-refractivity contribution in [2.45, 2.75) is 6.54 Å². The van der Waals surface area contributed by atoms with Crippen molar-refractivity contribution in [2.75, 3.05) is 10.6 Å². The molecule has 3 aromatic rings. The Morgan fingerprint density at radius 2 is 1.77 bits per heavy atom. The topological polar surface area (TPSA) is 41.9 Å². The minimum Gasteiger partial charge on any atom is -0.332 e. The van der Waals surface area contributed by atoms with Gasteiger partial charge < -0.3 is 10.6 Å². The van der Waals surface area contributed by atoms with Crippen LogP contribution in [0.4, 0.5) is 15.8 Å². The first-order valence-corrected chi connectivity index (χ1v) is 8.94. The summed E-state index contributed by atoms with van der Waals surface area (Å²) in [5.74, 6) is -0.375. The van der Waals surface area contributed by atoms with E-state index in [-0.39, 0.29) is 5.82 Å². The monoisotopic (exact) mass is 428 g/mol. The van der Waals surface area contributed by atoms with Gasteiger partial charge in [-0.05, 0) is 48.1 Å². The molecule has 0 atom stereocenters. The molecule has 1 heterocycles. The second-order valence-electron chi connectivity index (χ2n) is 5.37. The van der Waals surface area contributed by atoms with Gasteiger partial charge in [0.15, 0.2) is 5.11 Å². The summed E-state index contributed by atoms with van der Waals surface area (Å²) in [5.41, 5.74) is 2.17. The minimum atomic E-state index is -0.375. The van der Waals surface area contributed by atoms with Gasteiger partial charge in [0.2, 0.25) is 0 Å². The van der Waals surface area contributed by atoms with E-state index in [1.807, 2.05) is 0 Å².